The van der Waals surface area contributed by atoms with Gasteiger partial charge in [0.25, 0.3) is 0 Å². The molecule has 1 aliphatic rings. The van der Waals surface area contributed by atoms with E-state index in [2.05, 4.69) is 10.3 Å². The van der Waals surface area contributed by atoms with Crippen LogP contribution in [0.3, 0.4) is 0 Å². The van der Waals surface area contributed by atoms with Crippen LogP contribution in [0.4, 0.5) is 0 Å². The first-order valence-electron chi connectivity index (χ1n) is 6.67. The fraction of sp³-hybridized carbons (Fsp3) is 0.357. The highest BCUT2D eigenvalue weighted by Crippen LogP contribution is 2.33. The van der Waals surface area contributed by atoms with Crippen molar-refractivity contribution in [2.45, 2.75) is 19.8 Å². The second-order valence-corrected chi connectivity index (χ2v) is 5.02. The van der Waals surface area contributed by atoms with E-state index in [0.717, 1.165) is 0 Å². The number of benzene rings is 1. The fourth-order valence-corrected chi connectivity index (χ4v) is 2.31. The average Bonchev–Trinajstić information content (AvgIpc) is 2.92. The number of carbonyl (C=O) groups is 1. The number of nitrogens with zero attached hydrogens (tertiary/aromatic N) is 3. The molecule has 0 radical (unpaired) electrons. The van der Waals surface area contributed by atoms with Gasteiger partial charge in [0, 0.05) is 6.07 Å². The minimum Gasteiger partial charge on any atom is -0.486 e. The number of carboxylic acids is 1. The molecular weight excluding hydrogens is 274 g/mol. The van der Waals surface area contributed by atoms with Crippen LogP contribution in [0, 0.1) is 0 Å². The van der Waals surface area contributed by atoms with Crippen molar-refractivity contribution in [3.05, 3.63) is 29.6 Å². The highest BCUT2D eigenvalue weighted by Gasteiger charge is 2.23. The fourth-order valence-electron chi connectivity index (χ4n) is 2.31. The zero-order chi connectivity index (χ0) is 15.0. The van der Waals surface area contributed by atoms with Gasteiger partial charge in [0.2, 0.25) is 0 Å². The molecule has 1 aromatic heterocycles. The SMILES string of the molecule is CC(C)c1c(C(=O)O)nnn1-c1ccc2c(c1)OCCO2. The Morgan fingerprint density at radius 3 is 2.67 bits per heavy atom. The molecule has 7 nitrogen and oxygen atoms in total. The van der Waals surface area contributed by atoms with Crippen molar-refractivity contribution < 1.29 is 19.4 Å². The molecule has 2 aromatic rings. The Bertz CT molecular complexity index is 694. The van der Waals surface area contributed by atoms with Crippen LogP contribution in [0.5, 0.6) is 11.5 Å². The van der Waals surface area contributed by atoms with E-state index >= 15 is 0 Å². The first-order chi connectivity index (χ1) is 10.1. The molecule has 0 saturated carbocycles. The number of fused-ring (bicyclic) bond motifs is 1. The summed E-state index contributed by atoms with van der Waals surface area (Å²) in [6, 6.07) is 5.37. The lowest BCUT2D eigenvalue weighted by Crippen LogP contribution is -2.16. The number of hydrogen-bond acceptors (Lipinski definition) is 5. The monoisotopic (exact) mass is 289 g/mol. The highest BCUT2D eigenvalue weighted by molar-refractivity contribution is 5.86. The number of rotatable bonds is 3. The molecule has 3 rings (SSSR count). The van der Waals surface area contributed by atoms with E-state index in [0.29, 0.717) is 36.1 Å². The highest BCUT2D eigenvalue weighted by atomic mass is 16.6. The summed E-state index contributed by atoms with van der Waals surface area (Å²) < 4.78 is 12.5. The topological polar surface area (TPSA) is 86.5 Å². The molecule has 2 heterocycles. The normalized spacial score (nSPS) is 13.5. The van der Waals surface area contributed by atoms with Gasteiger partial charge in [0.05, 0.1) is 11.4 Å². The van der Waals surface area contributed by atoms with Gasteiger partial charge in [-0.1, -0.05) is 19.1 Å². The third kappa shape index (κ3) is 2.31. The van der Waals surface area contributed by atoms with Crippen molar-refractivity contribution in [1.29, 1.82) is 0 Å². The van der Waals surface area contributed by atoms with Crippen molar-refractivity contribution in [2.75, 3.05) is 13.2 Å². The lowest BCUT2D eigenvalue weighted by Gasteiger charge is -2.19. The van der Waals surface area contributed by atoms with E-state index in [1.807, 2.05) is 13.8 Å². The molecule has 0 aliphatic carbocycles. The quantitative estimate of drug-likeness (QED) is 0.928. The van der Waals surface area contributed by atoms with Gasteiger partial charge in [-0.2, -0.15) is 0 Å². The number of ether oxygens (including phenoxy) is 2. The maximum Gasteiger partial charge on any atom is 0.358 e. The third-order valence-electron chi connectivity index (χ3n) is 3.22. The van der Waals surface area contributed by atoms with Crippen LogP contribution in [0.25, 0.3) is 5.69 Å². The van der Waals surface area contributed by atoms with E-state index in [1.165, 1.54) is 4.68 Å². The molecule has 1 aliphatic heterocycles. The van der Waals surface area contributed by atoms with Gasteiger partial charge in [0.1, 0.15) is 13.2 Å². The Hall–Kier alpha value is -2.57. The van der Waals surface area contributed by atoms with E-state index in [9.17, 15) is 9.90 Å². The van der Waals surface area contributed by atoms with Crippen molar-refractivity contribution in [2.24, 2.45) is 0 Å². The van der Waals surface area contributed by atoms with Crippen LogP contribution in [0.2, 0.25) is 0 Å². The lowest BCUT2D eigenvalue weighted by molar-refractivity contribution is 0.0688. The maximum absolute atomic E-state index is 11.2. The largest absolute Gasteiger partial charge is 0.486 e. The number of aromatic nitrogens is 3. The molecule has 0 fully saturated rings. The smallest absolute Gasteiger partial charge is 0.358 e. The number of hydrogen-bond donors (Lipinski definition) is 1. The zero-order valence-electron chi connectivity index (χ0n) is 11.7. The van der Waals surface area contributed by atoms with Gasteiger partial charge < -0.3 is 14.6 Å². The second-order valence-electron chi connectivity index (χ2n) is 5.02. The Morgan fingerprint density at radius 1 is 1.29 bits per heavy atom. The molecule has 7 heteroatoms. The van der Waals surface area contributed by atoms with Crippen molar-refractivity contribution in [1.82, 2.24) is 15.0 Å². The molecule has 0 atom stereocenters. The zero-order valence-corrected chi connectivity index (χ0v) is 11.7. The molecule has 0 spiro atoms. The Morgan fingerprint density at radius 2 is 2.00 bits per heavy atom. The summed E-state index contributed by atoms with van der Waals surface area (Å²) in [5.74, 6) is 0.192. The van der Waals surface area contributed by atoms with Crippen LogP contribution in [0.15, 0.2) is 18.2 Å². The first-order valence-corrected chi connectivity index (χ1v) is 6.67. The van der Waals surface area contributed by atoms with Gasteiger partial charge in [-0.15, -0.1) is 5.10 Å². The maximum atomic E-state index is 11.2. The van der Waals surface area contributed by atoms with Gasteiger partial charge in [-0.3, -0.25) is 0 Å². The molecule has 0 amide bonds. The summed E-state index contributed by atoms with van der Waals surface area (Å²) in [5.41, 5.74) is 1.22. The summed E-state index contributed by atoms with van der Waals surface area (Å²) >= 11 is 0. The van der Waals surface area contributed by atoms with E-state index in [4.69, 9.17) is 9.47 Å². The molecule has 0 bridgehead atoms. The Kier molecular flexibility index (Phi) is 3.25. The molecule has 0 saturated heterocycles. The molecule has 1 N–H and O–H groups in total. The molecular formula is C14H15N3O4. The van der Waals surface area contributed by atoms with Crippen LogP contribution in [0.1, 0.15) is 35.9 Å². The second kappa shape index (κ2) is 5.08. The minimum atomic E-state index is -1.08. The standard InChI is InChI=1S/C14H15N3O4/c1-8(2)13-12(14(18)19)15-16-17(13)9-3-4-10-11(7-9)21-6-5-20-10/h3-4,7-8H,5-6H2,1-2H3,(H,18,19). The average molecular weight is 289 g/mol. The predicted octanol–water partition coefficient (Wildman–Crippen LogP) is 1.86. The Balaban J connectivity index is 2.10. The van der Waals surface area contributed by atoms with Gasteiger partial charge >= 0.3 is 5.97 Å². The molecule has 21 heavy (non-hydrogen) atoms. The van der Waals surface area contributed by atoms with Crippen LogP contribution in [-0.2, 0) is 0 Å². The van der Waals surface area contributed by atoms with Crippen molar-refractivity contribution in [3.63, 3.8) is 0 Å². The minimum absolute atomic E-state index is 0.0279. The van der Waals surface area contributed by atoms with Gasteiger partial charge in [-0.05, 0) is 18.1 Å². The van der Waals surface area contributed by atoms with Gasteiger partial charge in [0.15, 0.2) is 17.2 Å². The third-order valence-corrected chi connectivity index (χ3v) is 3.22. The number of carboxylic acid groups (broad SMARTS) is 1. The van der Waals surface area contributed by atoms with Crippen LogP contribution < -0.4 is 9.47 Å². The van der Waals surface area contributed by atoms with Crippen molar-refractivity contribution >= 4 is 5.97 Å². The summed E-state index contributed by atoms with van der Waals surface area (Å²) in [7, 11) is 0. The summed E-state index contributed by atoms with van der Waals surface area (Å²) in [6.07, 6.45) is 0. The summed E-state index contributed by atoms with van der Waals surface area (Å²) in [6.45, 7) is 4.82. The molecule has 0 unspecified atom stereocenters. The van der Waals surface area contributed by atoms with Crippen molar-refractivity contribution in [3.8, 4) is 17.2 Å². The summed E-state index contributed by atoms with van der Waals surface area (Å²) in [4.78, 5) is 11.2. The number of aromatic carboxylic acids is 1. The summed E-state index contributed by atoms with van der Waals surface area (Å²) in [5, 5.41) is 16.9. The predicted molar refractivity (Wildman–Crippen MR) is 73.4 cm³/mol. The van der Waals surface area contributed by atoms with Gasteiger partial charge in [-0.25, -0.2) is 9.48 Å². The van der Waals surface area contributed by atoms with Crippen LogP contribution in [-0.4, -0.2) is 39.3 Å². The lowest BCUT2D eigenvalue weighted by atomic mass is 10.1. The van der Waals surface area contributed by atoms with E-state index < -0.39 is 5.97 Å². The van der Waals surface area contributed by atoms with Crippen LogP contribution >= 0.6 is 0 Å². The molecule has 1 aromatic carbocycles. The first kappa shape index (κ1) is 13.4. The van der Waals surface area contributed by atoms with E-state index in [1.54, 1.807) is 18.2 Å². The van der Waals surface area contributed by atoms with E-state index in [-0.39, 0.29) is 11.6 Å². The molecule has 110 valence electrons. The Labute approximate surface area is 121 Å².